The molecule has 0 bridgehead atoms. The van der Waals surface area contributed by atoms with Crippen LogP contribution in [0.4, 0.5) is 0 Å². The van der Waals surface area contributed by atoms with E-state index in [1.165, 1.54) is 11.8 Å². The number of hydrogen-bond acceptors (Lipinski definition) is 3. The molecule has 1 amide bonds. The molecule has 0 spiro atoms. The molecule has 1 atom stereocenters. The number of methoxy groups -OCH3 is 1. The topological polar surface area (TPSA) is 66.8 Å². The molecule has 0 radical (unpaired) electrons. The average molecular weight is 265 g/mol. The first-order chi connectivity index (χ1) is 8.88. The standard InChI is InChI=1S/C14H19NO4/c1-9(2)15(10(3)16)13(14(17)18)11-5-7-12(19-4)8-6-11/h5-9,13H,1-4H3,(H,17,18). The fraction of sp³-hybridized carbons (Fsp3) is 0.429. The van der Waals surface area contributed by atoms with Gasteiger partial charge in [-0.2, -0.15) is 0 Å². The summed E-state index contributed by atoms with van der Waals surface area (Å²) in [6, 6.07) is 5.52. The van der Waals surface area contributed by atoms with Gasteiger partial charge in [-0.25, -0.2) is 4.79 Å². The average Bonchev–Trinajstić information content (AvgIpc) is 2.34. The van der Waals surface area contributed by atoms with Crippen LogP contribution >= 0.6 is 0 Å². The normalized spacial score (nSPS) is 12.1. The monoisotopic (exact) mass is 265 g/mol. The predicted octanol–water partition coefficient (Wildman–Crippen LogP) is 2.08. The van der Waals surface area contributed by atoms with E-state index in [0.717, 1.165) is 0 Å². The quantitative estimate of drug-likeness (QED) is 0.885. The molecule has 5 nitrogen and oxygen atoms in total. The highest BCUT2D eigenvalue weighted by Crippen LogP contribution is 2.25. The molecular formula is C14H19NO4. The van der Waals surface area contributed by atoms with Crippen LogP contribution in [0.15, 0.2) is 24.3 Å². The van der Waals surface area contributed by atoms with Crippen molar-refractivity contribution in [1.82, 2.24) is 4.90 Å². The lowest BCUT2D eigenvalue weighted by Gasteiger charge is -2.31. The summed E-state index contributed by atoms with van der Waals surface area (Å²) < 4.78 is 5.04. The maximum Gasteiger partial charge on any atom is 0.331 e. The van der Waals surface area contributed by atoms with Gasteiger partial charge in [0.15, 0.2) is 6.04 Å². The lowest BCUT2D eigenvalue weighted by molar-refractivity contribution is -0.151. The molecule has 104 valence electrons. The van der Waals surface area contributed by atoms with E-state index in [1.807, 2.05) is 0 Å². The van der Waals surface area contributed by atoms with E-state index in [0.29, 0.717) is 11.3 Å². The van der Waals surface area contributed by atoms with Crippen molar-refractivity contribution < 1.29 is 19.4 Å². The van der Waals surface area contributed by atoms with Crippen LogP contribution in [0.25, 0.3) is 0 Å². The Morgan fingerprint density at radius 1 is 1.21 bits per heavy atom. The van der Waals surface area contributed by atoms with Crippen LogP contribution in [0, 0.1) is 0 Å². The minimum Gasteiger partial charge on any atom is -0.497 e. The largest absolute Gasteiger partial charge is 0.497 e. The Hall–Kier alpha value is -2.04. The van der Waals surface area contributed by atoms with E-state index < -0.39 is 12.0 Å². The second kappa shape index (κ2) is 6.22. The van der Waals surface area contributed by atoms with Crippen molar-refractivity contribution in [2.24, 2.45) is 0 Å². The van der Waals surface area contributed by atoms with Crippen LogP contribution in [0.5, 0.6) is 5.75 Å². The SMILES string of the molecule is COc1ccc(C(C(=O)O)N(C(C)=O)C(C)C)cc1. The first-order valence-electron chi connectivity index (χ1n) is 6.04. The second-order valence-electron chi connectivity index (χ2n) is 4.53. The Morgan fingerprint density at radius 3 is 2.05 bits per heavy atom. The van der Waals surface area contributed by atoms with Gasteiger partial charge in [0.25, 0.3) is 0 Å². The minimum absolute atomic E-state index is 0.194. The van der Waals surface area contributed by atoms with Crippen molar-refractivity contribution in [3.8, 4) is 5.75 Å². The van der Waals surface area contributed by atoms with Crippen molar-refractivity contribution in [3.05, 3.63) is 29.8 Å². The third-order valence-electron chi connectivity index (χ3n) is 2.86. The fourth-order valence-electron chi connectivity index (χ4n) is 2.05. The molecule has 1 N–H and O–H groups in total. The first-order valence-corrected chi connectivity index (χ1v) is 6.04. The lowest BCUT2D eigenvalue weighted by atomic mass is 10.0. The molecule has 1 aromatic rings. The molecule has 0 fully saturated rings. The third-order valence-corrected chi connectivity index (χ3v) is 2.86. The first kappa shape index (κ1) is 15.0. The maximum absolute atomic E-state index is 11.7. The van der Waals surface area contributed by atoms with Gasteiger partial charge in [0.05, 0.1) is 7.11 Å². The Bertz CT molecular complexity index is 453. The number of carboxylic acids is 1. The van der Waals surface area contributed by atoms with Crippen molar-refractivity contribution in [2.45, 2.75) is 32.9 Å². The molecule has 0 saturated carbocycles. The second-order valence-corrected chi connectivity index (χ2v) is 4.53. The number of carboxylic acid groups (broad SMARTS) is 1. The molecule has 0 heterocycles. The van der Waals surface area contributed by atoms with Crippen LogP contribution in [0.1, 0.15) is 32.4 Å². The molecule has 0 aliphatic rings. The van der Waals surface area contributed by atoms with Crippen molar-refractivity contribution in [1.29, 1.82) is 0 Å². The number of rotatable bonds is 5. The zero-order valence-electron chi connectivity index (χ0n) is 11.6. The van der Waals surface area contributed by atoms with E-state index >= 15 is 0 Å². The Labute approximate surface area is 112 Å². The molecule has 19 heavy (non-hydrogen) atoms. The summed E-state index contributed by atoms with van der Waals surface area (Å²) in [5.74, 6) is -0.668. The van der Waals surface area contributed by atoms with E-state index in [2.05, 4.69) is 0 Å². The van der Waals surface area contributed by atoms with Gasteiger partial charge in [-0.15, -0.1) is 0 Å². The number of benzene rings is 1. The third kappa shape index (κ3) is 3.47. The van der Waals surface area contributed by atoms with Gasteiger partial charge in [-0.05, 0) is 31.5 Å². The molecule has 1 unspecified atom stereocenters. The summed E-state index contributed by atoms with van der Waals surface area (Å²) in [7, 11) is 1.54. The minimum atomic E-state index is -1.05. The van der Waals surface area contributed by atoms with Crippen LogP contribution in [0.2, 0.25) is 0 Å². The Balaban J connectivity index is 3.18. The number of amides is 1. The zero-order chi connectivity index (χ0) is 14.6. The molecular weight excluding hydrogens is 246 g/mol. The van der Waals surface area contributed by atoms with Crippen molar-refractivity contribution in [3.63, 3.8) is 0 Å². The number of nitrogens with zero attached hydrogens (tertiary/aromatic N) is 1. The highest BCUT2D eigenvalue weighted by atomic mass is 16.5. The highest BCUT2D eigenvalue weighted by Gasteiger charge is 2.31. The van der Waals surface area contributed by atoms with Gasteiger partial charge in [0, 0.05) is 13.0 Å². The molecule has 1 aromatic carbocycles. The fourth-order valence-corrected chi connectivity index (χ4v) is 2.05. The van der Waals surface area contributed by atoms with E-state index in [1.54, 1.807) is 45.2 Å². The van der Waals surface area contributed by atoms with Gasteiger partial charge < -0.3 is 14.7 Å². The van der Waals surface area contributed by atoms with Gasteiger partial charge in [0.1, 0.15) is 5.75 Å². The lowest BCUT2D eigenvalue weighted by Crippen LogP contribution is -2.42. The van der Waals surface area contributed by atoms with Gasteiger partial charge >= 0.3 is 5.97 Å². The molecule has 0 saturated heterocycles. The zero-order valence-corrected chi connectivity index (χ0v) is 11.6. The predicted molar refractivity (Wildman–Crippen MR) is 71.0 cm³/mol. The van der Waals surface area contributed by atoms with Crippen molar-refractivity contribution in [2.75, 3.05) is 7.11 Å². The van der Waals surface area contributed by atoms with Gasteiger partial charge in [0.2, 0.25) is 5.91 Å². The molecule has 0 aromatic heterocycles. The number of ether oxygens (including phenoxy) is 1. The number of carbonyl (C=O) groups excluding carboxylic acids is 1. The summed E-state index contributed by atoms with van der Waals surface area (Å²) in [6.45, 7) is 4.96. The summed E-state index contributed by atoms with van der Waals surface area (Å²) in [5, 5.41) is 9.40. The van der Waals surface area contributed by atoms with E-state index in [9.17, 15) is 14.7 Å². The van der Waals surface area contributed by atoms with Crippen molar-refractivity contribution >= 4 is 11.9 Å². The van der Waals surface area contributed by atoms with Crippen LogP contribution in [-0.4, -0.2) is 35.0 Å². The van der Waals surface area contributed by atoms with Gasteiger partial charge in [-0.3, -0.25) is 4.79 Å². The van der Waals surface area contributed by atoms with Crippen LogP contribution in [-0.2, 0) is 9.59 Å². The van der Waals surface area contributed by atoms with E-state index in [-0.39, 0.29) is 11.9 Å². The molecule has 5 heteroatoms. The maximum atomic E-state index is 11.7. The summed E-state index contributed by atoms with van der Waals surface area (Å²) in [6.07, 6.45) is 0. The summed E-state index contributed by atoms with van der Waals surface area (Å²) >= 11 is 0. The Kier molecular flexibility index (Phi) is 4.92. The van der Waals surface area contributed by atoms with Crippen LogP contribution in [0.3, 0.4) is 0 Å². The molecule has 0 aliphatic carbocycles. The Morgan fingerprint density at radius 2 is 1.74 bits per heavy atom. The van der Waals surface area contributed by atoms with E-state index in [4.69, 9.17) is 4.74 Å². The highest BCUT2D eigenvalue weighted by molar-refractivity contribution is 5.83. The van der Waals surface area contributed by atoms with Crippen LogP contribution < -0.4 is 4.74 Å². The van der Waals surface area contributed by atoms with Gasteiger partial charge in [-0.1, -0.05) is 12.1 Å². The number of aliphatic carboxylic acids is 1. The molecule has 0 aliphatic heterocycles. The number of hydrogen-bond donors (Lipinski definition) is 1. The molecule has 1 rings (SSSR count). The number of carbonyl (C=O) groups is 2. The smallest absolute Gasteiger partial charge is 0.331 e. The summed E-state index contributed by atoms with van der Waals surface area (Å²) in [4.78, 5) is 24.5. The summed E-state index contributed by atoms with van der Waals surface area (Å²) in [5.41, 5.74) is 0.553.